The highest BCUT2D eigenvalue weighted by molar-refractivity contribution is 7.90. The van der Waals surface area contributed by atoms with Crippen LogP contribution in [0.1, 0.15) is 90.4 Å². The van der Waals surface area contributed by atoms with Gasteiger partial charge in [-0.05, 0) is 117 Å². The van der Waals surface area contributed by atoms with Gasteiger partial charge in [-0.1, -0.05) is 54.6 Å². The second kappa shape index (κ2) is 16.5. The summed E-state index contributed by atoms with van der Waals surface area (Å²) in [5.41, 5.74) is 5.31. The third-order valence-corrected chi connectivity index (χ3v) is 15.4. The fourth-order valence-corrected chi connectivity index (χ4v) is 11.6. The van der Waals surface area contributed by atoms with Gasteiger partial charge >= 0.3 is 5.69 Å². The lowest BCUT2D eigenvalue weighted by Crippen LogP contribution is -2.54. The van der Waals surface area contributed by atoms with Crippen LogP contribution >= 0.6 is 0 Å². The zero-order valence-electron chi connectivity index (χ0n) is 35.8. The molecule has 65 heavy (non-hydrogen) atoms. The molecule has 15 nitrogen and oxygen atoms in total. The second-order valence-corrected chi connectivity index (χ2v) is 20.0. The van der Waals surface area contributed by atoms with Crippen molar-refractivity contribution in [2.45, 2.75) is 86.9 Å². The van der Waals surface area contributed by atoms with Crippen LogP contribution in [0, 0.1) is 15.5 Å². The number of fused-ring (bicyclic) bond motifs is 2. The molecule has 334 valence electrons. The minimum Gasteiger partial charge on any atom is -0.474 e. The fourth-order valence-electron chi connectivity index (χ4n) is 10.7. The average Bonchev–Trinajstić information content (AvgIpc) is 3.85. The maximum Gasteiger partial charge on any atom is 0.300 e. The SMILES string of the molecule is O=C(NS(=O)(=O)c1cc([N+](=O)[O-])c2c(n1)OC[C@@H](Cc1ccccc1)N2)c1ccc(N2CCC3(CC2)CC(N2CCC[C@H]2c2ccccc2C2CC2)C3)cc1Oc1cnc2[nH]ccc2c1. The molecule has 5 aliphatic rings. The quantitative estimate of drug-likeness (QED) is 0.0786. The molecule has 2 saturated heterocycles. The third kappa shape index (κ3) is 8.13. The number of nitrogens with one attached hydrogen (secondary N) is 3. The molecule has 0 bridgehead atoms. The molecular weight excluding hydrogens is 845 g/mol. The molecule has 2 aliphatic carbocycles. The molecule has 2 saturated carbocycles. The Labute approximate surface area is 376 Å². The lowest BCUT2D eigenvalue weighted by Gasteiger charge is -2.56. The Balaban J connectivity index is 0.805. The normalized spacial score (nSPS) is 20.7. The first kappa shape index (κ1) is 41.2. The van der Waals surface area contributed by atoms with Crippen LogP contribution < -0.4 is 24.4 Å². The second-order valence-electron chi connectivity index (χ2n) is 18.4. The summed E-state index contributed by atoms with van der Waals surface area (Å²) in [6.45, 7) is 2.93. The van der Waals surface area contributed by atoms with Gasteiger partial charge in [0.05, 0.1) is 28.8 Å². The molecule has 2 atom stereocenters. The molecule has 0 radical (unpaired) electrons. The number of anilines is 2. The van der Waals surface area contributed by atoms with Gasteiger partial charge < -0.3 is 24.7 Å². The number of aromatic amines is 1. The molecule has 6 aromatic rings. The lowest BCUT2D eigenvalue weighted by atomic mass is 9.59. The van der Waals surface area contributed by atoms with Crippen LogP contribution in [0.25, 0.3) is 11.0 Å². The zero-order valence-corrected chi connectivity index (χ0v) is 36.6. The molecule has 0 unspecified atom stereocenters. The van der Waals surface area contributed by atoms with Crippen LogP contribution in [0.4, 0.5) is 17.1 Å². The molecule has 11 rings (SSSR count). The predicted octanol–water partition coefficient (Wildman–Crippen LogP) is 8.66. The van der Waals surface area contributed by atoms with E-state index in [-0.39, 0.29) is 35.5 Å². The number of sulfonamides is 1. The van der Waals surface area contributed by atoms with E-state index < -0.39 is 31.6 Å². The van der Waals surface area contributed by atoms with E-state index in [0.717, 1.165) is 54.6 Å². The number of aromatic nitrogens is 3. The largest absolute Gasteiger partial charge is 0.474 e. The zero-order chi connectivity index (χ0) is 44.3. The highest BCUT2D eigenvalue weighted by Crippen LogP contribution is 2.55. The first-order chi connectivity index (χ1) is 31.6. The number of nitro groups is 1. The molecule has 3 aliphatic heterocycles. The number of amides is 1. The molecule has 4 fully saturated rings. The molecule has 16 heteroatoms. The smallest absolute Gasteiger partial charge is 0.300 e. The van der Waals surface area contributed by atoms with Crippen LogP contribution in [0.2, 0.25) is 0 Å². The molecule has 3 aromatic carbocycles. The summed E-state index contributed by atoms with van der Waals surface area (Å²) in [4.78, 5) is 42.4. The molecule has 6 heterocycles. The number of carbonyl (C=O) groups excluding carboxylic acids is 1. The fraction of sp³-hybridized carbons (Fsp3) is 0.367. The Morgan fingerprint density at radius 3 is 2.52 bits per heavy atom. The number of benzene rings is 3. The first-order valence-corrected chi connectivity index (χ1v) is 24.1. The Bertz CT molecular complexity index is 2910. The van der Waals surface area contributed by atoms with Crippen LogP contribution in [0.3, 0.4) is 0 Å². The number of pyridine rings is 2. The number of piperidine rings is 1. The van der Waals surface area contributed by atoms with E-state index in [1.165, 1.54) is 51.3 Å². The van der Waals surface area contributed by atoms with E-state index in [1.807, 2.05) is 42.5 Å². The monoisotopic (exact) mass is 894 g/mol. The standard InChI is InChI=1S/C49H50N8O7S/c58-47(54-65(61,62)44-26-42(57(59)60)45-48(53-44)63-30-34(52-45)23-31-7-2-1-3-8-31)40-15-14-35(25-43(40)64-37-24-33-16-19-50-46(33)51-29-37)55-21-17-49(18-22-55)27-36(28-49)56-20-6-11-41(56)39-10-5-4-9-38(39)32-12-13-32/h1-5,7-10,14-16,19,24-26,29,32,34,36,41,52H,6,11-13,17-18,20-23,27-28,30H2,(H,50,51)(H,54,58)/t34-,41+/m1/s1. The highest BCUT2D eigenvalue weighted by Gasteiger charge is 2.50. The summed E-state index contributed by atoms with van der Waals surface area (Å²) in [6.07, 6.45) is 13.4. The topological polar surface area (TPSA) is 185 Å². The number of H-pyrrole nitrogens is 1. The van der Waals surface area contributed by atoms with Crippen molar-refractivity contribution in [3.8, 4) is 17.4 Å². The Kier molecular flexibility index (Phi) is 10.4. The van der Waals surface area contributed by atoms with Gasteiger partial charge in [-0.3, -0.25) is 19.8 Å². The van der Waals surface area contributed by atoms with E-state index in [1.54, 1.807) is 35.5 Å². The number of likely N-dealkylation sites (tertiary alicyclic amines) is 1. The summed E-state index contributed by atoms with van der Waals surface area (Å²) >= 11 is 0. The van der Waals surface area contributed by atoms with Gasteiger partial charge in [-0.25, -0.2) is 9.71 Å². The van der Waals surface area contributed by atoms with E-state index in [4.69, 9.17) is 9.47 Å². The summed E-state index contributed by atoms with van der Waals surface area (Å²) < 4.78 is 42.0. The number of nitrogens with zero attached hydrogens (tertiary/aromatic N) is 5. The maximum atomic E-state index is 14.1. The van der Waals surface area contributed by atoms with Crippen LogP contribution in [0.15, 0.2) is 108 Å². The van der Waals surface area contributed by atoms with Gasteiger partial charge in [0.1, 0.15) is 23.8 Å². The van der Waals surface area contributed by atoms with Crippen molar-refractivity contribution in [1.29, 1.82) is 0 Å². The van der Waals surface area contributed by atoms with E-state index >= 15 is 0 Å². The van der Waals surface area contributed by atoms with Crippen LogP contribution in [-0.2, 0) is 16.4 Å². The molecule has 3 aromatic heterocycles. The van der Waals surface area contributed by atoms with Gasteiger partial charge in [-0.2, -0.15) is 13.4 Å². The Hall–Kier alpha value is -6.52. The van der Waals surface area contributed by atoms with Gasteiger partial charge in [0.25, 0.3) is 15.9 Å². The number of ether oxygens (including phenoxy) is 2. The van der Waals surface area contributed by atoms with Crippen molar-refractivity contribution in [2.75, 3.05) is 36.5 Å². The minimum absolute atomic E-state index is 0.0296. The van der Waals surface area contributed by atoms with Gasteiger partial charge in [-0.15, -0.1) is 0 Å². The van der Waals surface area contributed by atoms with E-state index in [2.05, 4.69) is 59.1 Å². The van der Waals surface area contributed by atoms with Gasteiger partial charge in [0.15, 0.2) is 10.7 Å². The molecule has 1 amide bonds. The van der Waals surface area contributed by atoms with Crippen molar-refractivity contribution in [3.05, 3.63) is 136 Å². The number of hydrogen-bond acceptors (Lipinski definition) is 12. The Morgan fingerprint density at radius 2 is 1.74 bits per heavy atom. The summed E-state index contributed by atoms with van der Waals surface area (Å²) in [5.74, 6) is -0.0170. The molecule has 3 N–H and O–H groups in total. The van der Waals surface area contributed by atoms with E-state index in [0.29, 0.717) is 35.3 Å². The summed E-state index contributed by atoms with van der Waals surface area (Å²) in [5, 5.41) is 15.5. The number of rotatable bonds is 12. The summed E-state index contributed by atoms with van der Waals surface area (Å²) in [6, 6.07) is 29.1. The Morgan fingerprint density at radius 1 is 0.954 bits per heavy atom. The van der Waals surface area contributed by atoms with Crippen molar-refractivity contribution >= 4 is 44.0 Å². The van der Waals surface area contributed by atoms with Crippen molar-refractivity contribution in [1.82, 2.24) is 24.6 Å². The van der Waals surface area contributed by atoms with Crippen molar-refractivity contribution in [3.63, 3.8) is 0 Å². The van der Waals surface area contributed by atoms with Crippen molar-refractivity contribution in [2.24, 2.45) is 5.41 Å². The van der Waals surface area contributed by atoms with Crippen LogP contribution in [0.5, 0.6) is 17.4 Å². The van der Waals surface area contributed by atoms with Crippen LogP contribution in [-0.4, -0.2) is 77.4 Å². The minimum atomic E-state index is -4.75. The van der Waals surface area contributed by atoms with Gasteiger partial charge in [0, 0.05) is 48.5 Å². The summed E-state index contributed by atoms with van der Waals surface area (Å²) in [7, 11) is -4.75. The lowest BCUT2D eigenvalue weighted by molar-refractivity contribution is -0.384. The van der Waals surface area contributed by atoms with Crippen molar-refractivity contribution < 1.29 is 27.6 Å². The first-order valence-electron chi connectivity index (χ1n) is 22.6. The highest BCUT2D eigenvalue weighted by atomic mass is 32.2. The molecular formula is C49H50N8O7S. The van der Waals surface area contributed by atoms with E-state index in [9.17, 15) is 23.3 Å². The maximum absolute atomic E-state index is 14.1. The number of carbonyl (C=O) groups is 1. The van der Waals surface area contributed by atoms with Gasteiger partial charge in [0.2, 0.25) is 5.88 Å². The third-order valence-electron chi connectivity index (χ3n) is 14.2. The number of hydrogen-bond donors (Lipinski definition) is 3. The predicted molar refractivity (Wildman–Crippen MR) is 245 cm³/mol. The molecule has 1 spiro atoms. The average molecular weight is 895 g/mol.